The second-order valence-electron chi connectivity index (χ2n) is 2.88. The van der Waals surface area contributed by atoms with E-state index in [2.05, 4.69) is 20.9 Å². The second-order valence-corrected chi connectivity index (χ2v) is 4.03. The Morgan fingerprint density at radius 2 is 2.21 bits per heavy atom. The summed E-state index contributed by atoms with van der Waals surface area (Å²) < 4.78 is 1.81. The number of nitrogens with zero attached hydrogens (tertiary/aromatic N) is 2. The predicted octanol–water partition coefficient (Wildman–Crippen LogP) is 2.42. The number of hydrogen-bond donors (Lipinski definition) is 0. The lowest BCUT2D eigenvalue weighted by molar-refractivity contribution is 0.980. The molecule has 3 nitrogen and oxygen atoms in total. The number of hydrogen-bond acceptors (Lipinski definition) is 2. The SMILES string of the molecule is Cc1cccc2nc(Cl)c(Br)c(=O)n12. The van der Waals surface area contributed by atoms with E-state index in [1.807, 2.05) is 19.1 Å². The van der Waals surface area contributed by atoms with Crippen molar-refractivity contribution in [1.82, 2.24) is 9.38 Å². The van der Waals surface area contributed by atoms with Gasteiger partial charge in [-0.3, -0.25) is 9.20 Å². The van der Waals surface area contributed by atoms with Gasteiger partial charge in [-0.15, -0.1) is 0 Å². The largest absolute Gasteiger partial charge is 0.273 e. The third-order valence-electron chi connectivity index (χ3n) is 1.95. The van der Waals surface area contributed by atoms with Gasteiger partial charge in [0.25, 0.3) is 5.56 Å². The monoisotopic (exact) mass is 272 g/mol. The van der Waals surface area contributed by atoms with Crippen molar-refractivity contribution in [2.24, 2.45) is 0 Å². The van der Waals surface area contributed by atoms with Gasteiger partial charge in [-0.1, -0.05) is 17.7 Å². The van der Waals surface area contributed by atoms with Gasteiger partial charge in [-0.2, -0.15) is 0 Å². The highest BCUT2D eigenvalue weighted by molar-refractivity contribution is 9.10. The van der Waals surface area contributed by atoms with Crippen molar-refractivity contribution in [3.8, 4) is 0 Å². The lowest BCUT2D eigenvalue weighted by Crippen LogP contribution is -2.17. The van der Waals surface area contributed by atoms with Crippen LogP contribution in [0, 0.1) is 6.92 Å². The molecule has 0 amide bonds. The molecule has 0 aromatic carbocycles. The molecule has 0 bridgehead atoms. The molecule has 2 heterocycles. The van der Waals surface area contributed by atoms with Gasteiger partial charge >= 0.3 is 0 Å². The fraction of sp³-hybridized carbons (Fsp3) is 0.111. The molecule has 0 spiro atoms. The quantitative estimate of drug-likeness (QED) is 0.691. The Morgan fingerprint density at radius 3 is 2.93 bits per heavy atom. The van der Waals surface area contributed by atoms with E-state index in [0.717, 1.165) is 5.69 Å². The molecule has 0 aliphatic carbocycles. The third kappa shape index (κ3) is 1.35. The van der Waals surface area contributed by atoms with Crippen LogP contribution in [0.1, 0.15) is 5.69 Å². The maximum absolute atomic E-state index is 11.8. The van der Waals surface area contributed by atoms with E-state index < -0.39 is 0 Å². The van der Waals surface area contributed by atoms with Crippen molar-refractivity contribution in [3.05, 3.63) is 43.9 Å². The lowest BCUT2D eigenvalue weighted by Gasteiger charge is -2.04. The maximum Gasteiger partial charge on any atom is 0.273 e. The molecule has 2 rings (SSSR count). The van der Waals surface area contributed by atoms with Crippen LogP contribution in [0.4, 0.5) is 0 Å². The zero-order valence-corrected chi connectivity index (χ0v) is 9.63. The number of aryl methyl sites for hydroxylation is 1. The molecule has 0 saturated heterocycles. The van der Waals surface area contributed by atoms with Gasteiger partial charge in [0, 0.05) is 5.69 Å². The Bertz CT molecular complexity index is 564. The molecule has 0 saturated carbocycles. The van der Waals surface area contributed by atoms with Gasteiger partial charge in [0.1, 0.15) is 10.1 Å². The Balaban J connectivity index is 3.07. The third-order valence-corrected chi connectivity index (χ3v) is 3.17. The molecule has 72 valence electrons. The van der Waals surface area contributed by atoms with Crippen molar-refractivity contribution in [1.29, 1.82) is 0 Å². The van der Waals surface area contributed by atoms with E-state index in [-0.39, 0.29) is 10.7 Å². The Morgan fingerprint density at radius 1 is 1.50 bits per heavy atom. The van der Waals surface area contributed by atoms with Gasteiger partial charge in [0.05, 0.1) is 0 Å². The number of rotatable bonds is 0. The average Bonchev–Trinajstić information content (AvgIpc) is 2.14. The minimum Gasteiger partial charge on any atom is -0.268 e. The molecule has 0 unspecified atom stereocenters. The highest BCUT2D eigenvalue weighted by Crippen LogP contribution is 2.16. The maximum atomic E-state index is 11.8. The van der Waals surface area contributed by atoms with Gasteiger partial charge in [0.15, 0.2) is 5.15 Å². The first kappa shape index (κ1) is 9.68. The summed E-state index contributed by atoms with van der Waals surface area (Å²) in [6, 6.07) is 5.42. The molecule has 5 heteroatoms. The van der Waals surface area contributed by atoms with Crippen molar-refractivity contribution < 1.29 is 0 Å². The molecule has 14 heavy (non-hydrogen) atoms. The van der Waals surface area contributed by atoms with Crippen LogP contribution in [-0.4, -0.2) is 9.38 Å². The summed E-state index contributed by atoms with van der Waals surface area (Å²) in [4.78, 5) is 15.8. The Hall–Kier alpha value is -0.870. The standard InChI is InChI=1S/C9H6BrClN2O/c1-5-3-2-4-6-12-8(11)7(10)9(14)13(5)6/h2-4H,1H3. The van der Waals surface area contributed by atoms with E-state index in [1.54, 1.807) is 6.07 Å². The van der Waals surface area contributed by atoms with Crippen LogP contribution < -0.4 is 5.56 Å². The zero-order chi connectivity index (χ0) is 10.3. The molecule has 0 N–H and O–H groups in total. The molecular formula is C9H6BrClN2O. The van der Waals surface area contributed by atoms with Crippen molar-refractivity contribution in [2.75, 3.05) is 0 Å². The van der Waals surface area contributed by atoms with Crippen LogP contribution in [0.25, 0.3) is 5.65 Å². The minimum absolute atomic E-state index is 0.182. The zero-order valence-electron chi connectivity index (χ0n) is 7.29. The average molecular weight is 274 g/mol. The van der Waals surface area contributed by atoms with Gasteiger partial charge < -0.3 is 0 Å². The summed E-state index contributed by atoms with van der Waals surface area (Å²) in [6.45, 7) is 1.84. The van der Waals surface area contributed by atoms with Crippen molar-refractivity contribution in [2.45, 2.75) is 6.92 Å². The summed E-state index contributed by atoms with van der Waals surface area (Å²) in [7, 11) is 0. The van der Waals surface area contributed by atoms with E-state index in [9.17, 15) is 4.79 Å². The molecule has 0 aliphatic heterocycles. The summed E-state index contributed by atoms with van der Waals surface area (Å²) in [5.74, 6) is 0. The minimum atomic E-state index is -0.182. The normalized spacial score (nSPS) is 10.8. The van der Waals surface area contributed by atoms with Crippen LogP contribution in [0.15, 0.2) is 27.5 Å². The predicted molar refractivity (Wildman–Crippen MR) is 58.9 cm³/mol. The molecule has 0 atom stereocenters. The summed E-state index contributed by atoms with van der Waals surface area (Å²) in [5, 5.41) is 0.195. The fourth-order valence-electron chi connectivity index (χ4n) is 1.29. The first-order chi connectivity index (χ1) is 6.61. The molecule has 2 aromatic heterocycles. The molecule has 0 aliphatic rings. The van der Waals surface area contributed by atoms with Gasteiger partial charge in [0.2, 0.25) is 0 Å². The molecule has 2 aromatic rings. The van der Waals surface area contributed by atoms with Crippen molar-refractivity contribution >= 4 is 33.2 Å². The smallest absolute Gasteiger partial charge is 0.268 e. The topological polar surface area (TPSA) is 34.4 Å². The summed E-state index contributed by atoms with van der Waals surface area (Å²) >= 11 is 8.88. The van der Waals surface area contributed by atoms with Crippen LogP contribution in [0.3, 0.4) is 0 Å². The van der Waals surface area contributed by atoms with Gasteiger partial charge in [-0.25, -0.2) is 4.98 Å². The first-order valence-corrected chi connectivity index (χ1v) is 5.12. The van der Waals surface area contributed by atoms with Crippen LogP contribution in [0.2, 0.25) is 5.15 Å². The first-order valence-electron chi connectivity index (χ1n) is 3.94. The molecular weight excluding hydrogens is 267 g/mol. The Labute approximate surface area is 93.5 Å². The Kier molecular flexibility index (Phi) is 2.33. The lowest BCUT2D eigenvalue weighted by atomic mass is 10.3. The summed E-state index contributed by atoms with van der Waals surface area (Å²) in [6.07, 6.45) is 0. The molecule has 0 fully saturated rings. The van der Waals surface area contributed by atoms with Crippen LogP contribution >= 0.6 is 27.5 Å². The van der Waals surface area contributed by atoms with Crippen molar-refractivity contribution in [3.63, 3.8) is 0 Å². The van der Waals surface area contributed by atoms with E-state index in [4.69, 9.17) is 11.6 Å². The number of fused-ring (bicyclic) bond motifs is 1. The number of halogens is 2. The van der Waals surface area contributed by atoms with Crippen LogP contribution in [0.5, 0.6) is 0 Å². The molecule has 0 radical (unpaired) electrons. The highest BCUT2D eigenvalue weighted by Gasteiger charge is 2.08. The highest BCUT2D eigenvalue weighted by atomic mass is 79.9. The van der Waals surface area contributed by atoms with E-state index in [1.165, 1.54) is 4.40 Å². The van der Waals surface area contributed by atoms with E-state index in [0.29, 0.717) is 10.1 Å². The number of aromatic nitrogens is 2. The fourth-order valence-corrected chi connectivity index (χ4v) is 1.72. The van der Waals surface area contributed by atoms with Crippen LogP contribution in [-0.2, 0) is 0 Å². The van der Waals surface area contributed by atoms with Gasteiger partial charge in [-0.05, 0) is 35.0 Å². The van der Waals surface area contributed by atoms with E-state index >= 15 is 0 Å². The number of pyridine rings is 1. The summed E-state index contributed by atoms with van der Waals surface area (Å²) in [5.41, 5.74) is 1.21. The second kappa shape index (κ2) is 3.37.